The minimum Gasteiger partial charge on any atom is -0.489 e. The van der Waals surface area contributed by atoms with Gasteiger partial charge in [0, 0.05) is 12.2 Å². The van der Waals surface area contributed by atoms with Gasteiger partial charge in [0.2, 0.25) is 15.9 Å². The van der Waals surface area contributed by atoms with Crippen molar-refractivity contribution in [1.82, 2.24) is 4.72 Å². The highest BCUT2D eigenvalue weighted by atomic mass is 32.2. The number of rotatable bonds is 6. The van der Waals surface area contributed by atoms with E-state index < -0.39 is 16.1 Å². The van der Waals surface area contributed by atoms with Crippen LogP contribution in [0.2, 0.25) is 0 Å². The van der Waals surface area contributed by atoms with Gasteiger partial charge in [-0.05, 0) is 36.2 Å². The van der Waals surface area contributed by atoms with Gasteiger partial charge < -0.3 is 9.64 Å². The molecule has 0 spiro atoms. The normalized spacial score (nSPS) is 17.7. The zero-order chi connectivity index (χ0) is 17.9. The molecule has 1 unspecified atom stereocenters. The van der Waals surface area contributed by atoms with Crippen molar-refractivity contribution in [2.24, 2.45) is 0 Å². The molecule has 0 aliphatic carbocycles. The average Bonchev–Trinajstić information content (AvgIpc) is 2.93. The van der Waals surface area contributed by atoms with E-state index in [4.69, 9.17) is 4.74 Å². The largest absolute Gasteiger partial charge is 0.489 e. The lowest BCUT2D eigenvalue weighted by Gasteiger charge is -2.17. The molecule has 25 heavy (non-hydrogen) atoms. The predicted octanol–water partition coefficient (Wildman–Crippen LogP) is 1.92. The molecule has 132 valence electrons. The molecule has 7 heteroatoms. The van der Waals surface area contributed by atoms with Crippen molar-refractivity contribution in [3.63, 3.8) is 0 Å². The number of ether oxygens (including phenoxy) is 1. The average molecular weight is 360 g/mol. The highest BCUT2D eigenvalue weighted by Crippen LogP contribution is 2.25. The van der Waals surface area contributed by atoms with Crippen LogP contribution in [0.3, 0.4) is 0 Å². The molecule has 0 radical (unpaired) electrons. The van der Waals surface area contributed by atoms with E-state index in [-0.39, 0.29) is 5.91 Å². The third-order valence-electron chi connectivity index (χ3n) is 3.96. The van der Waals surface area contributed by atoms with E-state index >= 15 is 0 Å². The van der Waals surface area contributed by atoms with Crippen LogP contribution in [0.15, 0.2) is 54.6 Å². The molecule has 1 heterocycles. The first-order chi connectivity index (χ1) is 11.9. The van der Waals surface area contributed by atoms with Crippen LogP contribution >= 0.6 is 0 Å². The summed E-state index contributed by atoms with van der Waals surface area (Å²) >= 11 is 0. The molecule has 1 fully saturated rings. The number of anilines is 1. The third kappa shape index (κ3) is 4.58. The second-order valence-corrected chi connectivity index (χ2v) is 7.77. The highest BCUT2D eigenvalue weighted by molar-refractivity contribution is 7.88. The lowest BCUT2D eigenvalue weighted by Crippen LogP contribution is -2.40. The monoisotopic (exact) mass is 360 g/mol. The van der Waals surface area contributed by atoms with Gasteiger partial charge in [-0.2, -0.15) is 0 Å². The van der Waals surface area contributed by atoms with Crippen molar-refractivity contribution >= 4 is 21.6 Å². The lowest BCUT2D eigenvalue weighted by atomic mass is 10.2. The Balaban J connectivity index is 1.62. The Morgan fingerprint density at radius 2 is 1.80 bits per heavy atom. The van der Waals surface area contributed by atoms with Gasteiger partial charge in [0.1, 0.15) is 18.4 Å². The van der Waals surface area contributed by atoms with E-state index in [1.54, 1.807) is 17.0 Å². The van der Waals surface area contributed by atoms with Crippen molar-refractivity contribution in [2.45, 2.75) is 19.1 Å². The molecule has 1 atom stereocenters. The van der Waals surface area contributed by atoms with Gasteiger partial charge in [-0.1, -0.05) is 30.3 Å². The minimum absolute atomic E-state index is 0.233. The highest BCUT2D eigenvalue weighted by Gasteiger charge is 2.34. The predicted molar refractivity (Wildman–Crippen MR) is 96.0 cm³/mol. The molecule has 1 amide bonds. The van der Waals surface area contributed by atoms with E-state index in [9.17, 15) is 13.2 Å². The maximum atomic E-state index is 12.3. The fourth-order valence-electron chi connectivity index (χ4n) is 2.77. The van der Waals surface area contributed by atoms with Crippen LogP contribution in [-0.2, 0) is 21.4 Å². The Hall–Kier alpha value is -2.38. The van der Waals surface area contributed by atoms with Crippen LogP contribution in [0.1, 0.15) is 12.0 Å². The summed E-state index contributed by atoms with van der Waals surface area (Å²) in [6, 6.07) is 16.4. The summed E-state index contributed by atoms with van der Waals surface area (Å²) in [5.41, 5.74) is 1.81. The van der Waals surface area contributed by atoms with Crippen LogP contribution in [0.4, 0.5) is 5.69 Å². The Labute approximate surface area is 147 Å². The second kappa shape index (κ2) is 7.25. The zero-order valence-electron chi connectivity index (χ0n) is 13.9. The smallest absolute Gasteiger partial charge is 0.245 e. The number of sulfonamides is 1. The Morgan fingerprint density at radius 1 is 1.12 bits per heavy atom. The number of nitrogens with zero attached hydrogens (tertiary/aromatic N) is 1. The summed E-state index contributed by atoms with van der Waals surface area (Å²) in [6.45, 7) is 0.958. The van der Waals surface area contributed by atoms with Crippen molar-refractivity contribution in [2.75, 3.05) is 17.7 Å². The number of carbonyl (C=O) groups is 1. The van der Waals surface area contributed by atoms with Crippen molar-refractivity contribution in [3.05, 3.63) is 60.2 Å². The van der Waals surface area contributed by atoms with E-state index in [2.05, 4.69) is 4.72 Å². The van der Waals surface area contributed by atoms with Gasteiger partial charge in [-0.3, -0.25) is 4.79 Å². The molecule has 2 aromatic carbocycles. The molecule has 3 rings (SSSR count). The van der Waals surface area contributed by atoms with Crippen LogP contribution in [-0.4, -0.2) is 33.2 Å². The molecule has 1 aliphatic heterocycles. The summed E-state index contributed by atoms with van der Waals surface area (Å²) < 4.78 is 30.7. The number of hydrogen-bond acceptors (Lipinski definition) is 4. The SMILES string of the molecule is CS(=O)(=O)NC1CCN(c2ccc(OCc3ccccc3)cc2)C1=O. The number of hydrogen-bond donors (Lipinski definition) is 1. The molecule has 6 nitrogen and oxygen atoms in total. The molecular weight excluding hydrogens is 340 g/mol. The first-order valence-corrected chi connectivity index (χ1v) is 9.87. The number of benzene rings is 2. The standard InChI is InChI=1S/C18H20N2O4S/c1-25(22,23)19-17-11-12-20(18(17)21)15-7-9-16(10-8-15)24-13-14-5-3-2-4-6-14/h2-10,17,19H,11-13H2,1H3. The maximum Gasteiger partial charge on any atom is 0.245 e. The van der Waals surface area contributed by atoms with Gasteiger partial charge in [-0.25, -0.2) is 13.1 Å². The summed E-state index contributed by atoms with van der Waals surface area (Å²) in [5.74, 6) is 0.480. The first-order valence-electron chi connectivity index (χ1n) is 7.98. The summed E-state index contributed by atoms with van der Waals surface area (Å²) in [6.07, 6.45) is 1.51. The van der Waals surface area contributed by atoms with Crippen molar-refractivity contribution in [3.8, 4) is 5.75 Å². The van der Waals surface area contributed by atoms with Gasteiger partial charge in [0.05, 0.1) is 6.26 Å². The number of nitrogens with one attached hydrogen (secondary N) is 1. The quantitative estimate of drug-likeness (QED) is 0.854. The van der Waals surface area contributed by atoms with Crippen LogP contribution in [0.5, 0.6) is 5.75 Å². The Kier molecular flexibility index (Phi) is 5.06. The van der Waals surface area contributed by atoms with E-state index in [0.29, 0.717) is 25.3 Å². The van der Waals surface area contributed by atoms with Gasteiger partial charge >= 0.3 is 0 Å². The fourth-order valence-corrected chi connectivity index (χ4v) is 3.50. The van der Waals surface area contributed by atoms with Gasteiger partial charge in [0.15, 0.2) is 0 Å². The maximum absolute atomic E-state index is 12.3. The van der Waals surface area contributed by atoms with E-state index in [1.807, 2.05) is 42.5 Å². The minimum atomic E-state index is -3.40. The van der Waals surface area contributed by atoms with Crippen LogP contribution in [0.25, 0.3) is 0 Å². The topological polar surface area (TPSA) is 75.7 Å². The van der Waals surface area contributed by atoms with E-state index in [0.717, 1.165) is 17.5 Å². The first kappa shape index (κ1) is 17.4. The molecule has 2 aromatic rings. The summed E-state index contributed by atoms with van der Waals surface area (Å²) in [4.78, 5) is 13.9. The zero-order valence-corrected chi connectivity index (χ0v) is 14.7. The molecule has 0 aromatic heterocycles. The van der Waals surface area contributed by atoms with Crippen LogP contribution < -0.4 is 14.4 Å². The van der Waals surface area contributed by atoms with Crippen molar-refractivity contribution < 1.29 is 17.9 Å². The van der Waals surface area contributed by atoms with Crippen molar-refractivity contribution in [1.29, 1.82) is 0 Å². The van der Waals surface area contributed by atoms with Gasteiger partial charge in [-0.15, -0.1) is 0 Å². The fraction of sp³-hybridized carbons (Fsp3) is 0.278. The molecule has 0 saturated carbocycles. The second-order valence-electron chi connectivity index (χ2n) is 5.99. The summed E-state index contributed by atoms with van der Waals surface area (Å²) in [5, 5.41) is 0. The number of amides is 1. The Morgan fingerprint density at radius 3 is 2.44 bits per heavy atom. The number of carbonyl (C=O) groups excluding carboxylic acids is 1. The molecule has 0 bridgehead atoms. The van der Waals surface area contributed by atoms with Gasteiger partial charge in [0.25, 0.3) is 0 Å². The molecule has 1 saturated heterocycles. The Bertz CT molecular complexity index is 835. The summed E-state index contributed by atoms with van der Waals surface area (Å²) in [7, 11) is -3.40. The molecule has 1 aliphatic rings. The van der Waals surface area contributed by atoms with Crippen LogP contribution in [0, 0.1) is 0 Å². The third-order valence-corrected chi connectivity index (χ3v) is 4.67. The van der Waals surface area contributed by atoms with E-state index in [1.165, 1.54) is 0 Å². The molecular formula is C18H20N2O4S. The molecule has 1 N–H and O–H groups in total. The lowest BCUT2D eigenvalue weighted by molar-refractivity contribution is -0.118.